The van der Waals surface area contributed by atoms with E-state index in [0.717, 1.165) is 5.56 Å². The van der Waals surface area contributed by atoms with Crippen LogP contribution in [-0.4, -0.2) is 16.3 Å². The van der Waals surface area contributed by atoms with E-state index in [1.165, 1.54) is 10.6 Å². The molecule has 33 heavy (non-hydrogen) atoms. The fraction of sp³-hybridized carbons (Fsp3) is 0.296. The summed E-state index contributed by atoms with van der Waals surface area (Å²) < 4.78 is 1.50. The van der Waals surface area contributed by atoms with E-state index < -0.39 is 11.5 Å². The van der Waals surface area contributed by atoms with Gasteiger partial charge in [0, 0.05) is 28.4 Å². The first-order valence-corrected chi connectivity index (χ1v) is 11.5. The number of nitrogens with one attached hydrogen (secondary N) is 1. The number of nitrogens with zero attached hydrogens (tertiary/aromatic N) is 1. The number of hydrogen-bond donors (Lipinski definition) is 1. The van der Waals surface area contributed by atoms with Gasteiger partial charge in [-0.25, -0.2) is 0 Å². The molecule has 5 nitrogen and oxygen atoms in total. The highest BCUT2D eigenvalue weighted by Crippen LogP contribution is 2.35. The van der Waals surface area contributed by atoms with Crippen LogP contribution in [0.4, 0.5) is 0 Å². The molecule has 2 aromatic carbocycles. The quantitative estimate of drug-likeness (QED) is 0.542. The molecule has 0 saturated carbocycles. The molecule has 1 aliphatic carbocycles. The second-order valence-electron chi connectivity index (χ2n) is 9.32. The molecule has 4 rings (SSSR count). The summed E-state index contributed by atoms with van der Waals surface area (Å²) in [6.07, 6.45) is 1.58. The van der Waals surface area contributed by atoms with Crippen LogP contribution >= 0.6 is 11.6 Å². The lowest BCUT2D eigenvalue weighted by atomic mass is 9.75. The highest BCUT2D eigenvalue weighted by Gasteiger charge is 2.35. The van der Waals surface area contributed by atoms with Gasteiger partial charge in [0.05, 0.1) is 6.04 Å². The van der Waals surface area contributed by atoms with Crippen LogP contribution in [-0.2, 0) is 6.42 Å². The number of carbonyl (C=O) groups excluding carboxylic acids is 2. The normalized spacial score (nSPS) is 15.6. The Morgan fingerprint density at radius 3 is 2.36 bits per heavy atom. The molecule has 1 N–H and O–H groups in total. The van der Waals surface area contributed by atoms with Crippen molar-refractivity contribution in [1.29, 1.82) is 0 Å². The van der Waals surface area contributed by atoms with Crippen LogP contribution in [0.15, 0.2) is 65.5 Å². The van der Waals surface area contributed by atoms with Crippen molar-refractivity contribution in [3.8, 4) is 5.69 Å². The van der Waals surface area contributed by atoms with Gasteiger partial charge in [-0.05, 0) is 54.2 Å². The predicted molar refractivity (Wildman–Crippen MR) is 130 cm³/mol. The zero-order valence-corrected chi connectivity index (χ0v) is 19.8. The molecule has 1 atom stereocenters. The Bertz CT molecular complexity index is 1260. The van der Waals surface area contributed by atoms with Crippen molar-refractivity contribution in [3.05, 3.63) is 98.4 Å². The fourth-order valence-electron chi connectivity index (χ4n) is 4.48. The van der Waals surface area contributed by atoms with E-state index in [1.54, 1.807) is 24.3 Å². The number of carbonyl (C=O) groups is 2. The lowest BCUT2D eigenvalue weighted by molar-refractivity contribution is 0.0908. The Morgan fingerprint density at radius 2 is 1.73 bits per heavy atom. The van der Waals surface area contributed by atoms with E-state index in [9.17, 15) is 14.4 Å². The van der Waals surface area contributed by atoms with E-state index in [-0.39, 0.29) is 22.8 Å². The van der Waals surface area contributed by atoms with Crippen molar-refractivity contribution in [2.45, 2.75) is 46.1 Å². The molecule has 0 aliphatic heterocycles. The number of amides is 1. The Labute approximate surface area is 198 Å². The molecule has 0 bridgehead atoms. The summed E-state index contributed by atoms with van der Waals surface area (Å²) in [6, 6.07) is 17.7. The van der Waals surface area contributed by atoms with Gasteiger partial charge >= 0.3 is 0 Å². The summed E-state index contributed by atoms with van der Waals surface area (Å²) in [6.45, 7) is 6.00. The molecular formula is C27H27ClN2O3. The molecular weight excluding hydrogens is 436 g/mol. The van der Waals surface area contributed by atoms with Crippen molar-refractivity contribution < 1.29 is 9.59 Å². The van der Waals surface area contributed by atoms with E-state index >= 15 is 0 Å². The maximum Gasteiger partial charge on any atom is 0.268 e. The van der Waals surface area contributed by atoms with Gasteiger partial charge in [-0.3, -0.25) is 19.0 Å². The van der Waals surface area contributed by atoms with Crippen molar-refractivity contribution in [1.82, 2.24) is 9.88 Å². The third kappa shape index (κ3) is 4.64. The minimum atomic E-state index is -0.487. The third-order valence-electron chi connectivity index (χ3n) is 6.13. The molecule has 170 valence electrons. The smallest absolute Gasteiger partial charge is 0.268 e. The minimum Gasteiger partial charge on any atom is -0.345 e. The number of aromatic nitrogens is 1. The molecule has 1 unspecified atom stereocenters. The van der Waals surface area contributed by atoms with Gasteiger partial charge in [0.15, 0.2) is 5.78 Å². The second-order valence-corrected chi connectivity index (χ2v) is 9.76. The first-order chi connectivity index (χ1) is 15.7. The number of pyridine rings is 1. The van der Waals surface area contributed by atoms with Crippen LogP contribution < -0.4 is 10.9 Å². The molecule has 0 radical (unpaired) electrons. The second kappa shape index (κ2) is 8.99. The van der Waals surface area contributed by atoms with Gasteiger partial charge in [-0.1, -0.05) is 62.7 Å². The Kier molecular flexibility index (Phi) is 6.26. The summed E-state index contributed by atoms with van der Waals surface area (Å²) in [5.41, 5.74) is 1.85. The summed E-state index contributed by atoms with van der Waals surface area (Å²) >= 11 is 6.06. The van der Waals surface area contributed by atoms with Crippen molar-refractivity contribution in [2.75, 3.05) is 0 Å². The van der Waals surface area contributed by atoms with Crippen LogP contribution in [0.25, 0.3) is 5.69 Å². The zero-order chi connectivity index (χ0) is 23.8. The Morgan fingerprint density at radius 1 is 1.06 bits per heavy atom. The van der Waals surface area contributed by atoms with E-state index in [4.69, 9.17) is 11.6 Å². The predicted octanol–water partition coefficient (Wildman–Crippen LogP) is 5.53. The lowest BCUT2D eigenvalue weighted by Gasteiger charge is -2.32. The fourth-order valence-corrected chi connectivity index (χ4v) is 4.61. The minimum absolute atomic E-state index is 0.0360. The molecule has 1 heterocycles. The Balaban J connectivity index is 1.84. The number of hydrogen-bond acceptors (Lipinski definition) is 3. The summed E-state index contributed by atoms with van der Waals surface area (Å²) in [7, 11) is 0. The van der Waals surface area contributed by atoms with Crippen molar-refractivity contribution in [3.63, 3.8) is 0 Å². The molecule has 1 amide bonds. The number of fused-ring (bicyclic) bond motifs is 1. The first kappa shape index (κ1) is 23.0. The number of Topliss-reactive ketones (excluding diaryl/α,β-unsaturated/α-hetero) is 1. The first-order valence-electron chi connectivity index (χ1n) is 11.1. The zero-order valence-electron chi connectivity index (χ0n) is 19.0. The standard InChI is InChI=1S/C27H27ClN2O3/c1-4-22(17-8-6-5-7-9-17)29-25(32)21-14-20-23(15-27(2,3)16-24(20)31)30(26(21)33)19-12-10-18(28)11-13-19/h5-14,22H,4,15-16H2,1-3H3,(H,29,32). The maximum atomic E-state index is 13.6. The maximum absolute atomic E-state index is 13.6. The van der Waals surface area contributed by atoms with Gasteiger partial charge in [0.2, 0.25) is 0 Å². The van der Waals surface area contributed by atoms with E-state index in [2.05, 4.69) is 5.32 Å². The number of ketones is 1. The number of benzene rings is 2. The van der Waals surface area contributed by atoms with Crippen LogP contribution in [0.2, 0.25) is 5.02 Å². The van der Waals surface area contributed by atoms with Gasteiger partial charge in [-0.2, -0.15) is 0 Å². The summed E-state index contributed by atoms with van der Waals surface area (Å²) in [5, 5.41) is 3.52. The van der Waals surface area contributed by atoms with Crippen LogP contribution in [0.1, 0.15) is 71.6 Å². The van der Waals surface area contributed by atoms with E-state index in [1.807, 2.05) is 51.1 Å². The molecule has 0 fully saturated rings. The molecule has 1 aliphatic rings. The van der Waals surface area contributed by atoms with E-state index in [0.29, 0.717) is 41.2 Å². The number of rotatable bonds is 5. The van der Waals surface area contributed by atoms with Gasteiger partial charge in [0.25, 0.3) is 11.5 Å². The van der Waals surface area contributed by atoms with Gasteiger partial charge < -0.3 is 5.32 Å². The monoisotopic (exact) mass is 462 g/mol. The number of halogens is 1. The SMILES string of the molecule is CCC(NC(=O)c1cc2c(n(-c3ccc(Cl)cc3)c1=O)CC(C)(C)CC2=O)c1ccccc1. The summed E-state index contributed by atoms with van der Waals surface area (Å²) in [5.74, 6) is -0.549. The van der Waals surface area contributed by atoms with Crippen LogP contribution in [0, 0.1) is 5.41 Å². The van der Waals surface area contributed by atoms with Crippen molar-refractivity contribution in [2.24, 2.45) is 5.41 Å². The average Bonchev–Trinajstić information content (AvgIpc) is 2.78. The topological polar surface area (TPSA) is 68.2 Å². The average molecular weight is 463 g/mol. The molecule has 0 saturated heterocycles. The molecule has 3 aromatic rings. The van der Waals surface area contributed by atoms with Gasteiger partial charge in [0.1, 0.15) is 5.56 Å². The van der Waals surface area contributed by atoms with Crippen molar-refractivity contribution >= 4 is 23.3 Å². The lowest BCUT2D eigenvalue weighted by Crippen LogP contribution is -2.39. The molecule has 6 heteroatoms. The third-order valence-corrected chi connectivity index (χ3v) is 6.39. The van der Waals surface area contributed by atoms with Gasteiger partial charge in [-0.15, -0.1) is 0 Å². The largest absolute Gasteiger partial charge is 0.345 e. The Hall–Kier alpha value is -3.18. The highest BCUT2D eigenvalue weighted by molar-refractivity contribution is 6.30. The highest BCUT2D eigenvalue weighted by atomic mass is 35.5. The van der Waals surface area contributed by atoms with Crippen LogP contribution in [0.3, 0.4) is 0 Å². The van der Waals surface area contributed by atoms with Crippen LogP contribution in [0.5, 0.6) is 0 Å². The molecule has 1 aromatic heterocycles. The molecule has 0 spiro atoms. The summed E-state index contributed by atoms with van der Waals surface area (Å²) in [4.78, 5) is 40.0.